The fraction of sp³-hybridized carbons (Fsp3) is 0.300. The van der Waals surface area contributed by atoms with E-state index < -0.39 is 0 Å². The van der Waals surface area contributed by atoms with Gasteiger partial charge in [0, 0.05) is 13.1 Å². The molecule has 3 aromatic rings. The number of nitrogens with zero attached hydrogens (tertiary/aromatic N) is 3. The van der Waals surface area contributed by atoms with Crippen LogP contribution in [0.25, 0.3) is 10.8 Å². The Bertz CT molecular complexity index is 886. The number of hydrogen-bond donors (Lipinski definition) is 0. The zero-order valence-electron chi connectivity index (χ0n) is 13.9. The van der Waals surface area contributed by atoms with E-state index in [4.69, 9.17) is 0 Å². The number of aromatic nitrogens is 2. The van der Waals surface area contributed by atoms with Crippen LogP contribution in [-0.2, 0) is 6.54 Å². The van der Waals surface area contributed by atoms with Gasteiger partial charge >= 0.3 is 0 Å². The van der Waals surface area contributed by atoms with Gasteiger partial charge in [-0.2, -0.15) is 5.10 Å². The molecular formula is C20H21N3O. The zero-order chi connectivity index (χ0) is 16.5. The molecule has 1 fully saturated rings. The highest BCUT2D eigenvalue weighted by molar-refractivity contribution is 5.87. The third kappa shape index (κ3) is 2.48. The van der Waals surface area contributed by atoms with Crippen LogP contribution < -0.4 is 4.90 Å². The second-order valence-corrected chi connectivity index (χ2v) is 6.43. The van der Waals surface area contributed by atoms with E-state index in [9.17, 15) is 4.79 Å². The molecule has 0 saturated carbocycles. The molecule has 0 spiro atoms. The van der Waals surface area contributed by atoms with Crippen LogP contribution in [0.5, 0.6) is 0 Å². The van der Waals surface area contributed by atoms with Crippen molar-refractivity contribution in [3.8, 4) is 0 Å². The summed E-state index contributed by atoms with van der Waals surface area (Å²) in [4.78, 5) is 13.9. The summed E-state index contributed by atoms with van der Waals surface area (Å²) in [7, 11) is 0. The SMILES string of the molecule is Cc1nn(Cc2cccc3ccccc23)c(N2CCCC2)c1C=O. The van der Waals surface area contributed by atoms with Crippen molar-refractivity contribution in [1.29, 1.82) is 0 Å². The van der Waals surface area contributed by atoms with Crippen molar-refractivity contribution in [1.82, 2.24) is 9.78 Å². The summed E-state index contributed by atoms with van der Waals surface area (Å²) in [5.41, 5.74) is 2.78. The van der Waals surface area contributed by atoms with Gasteiger partial charge in [0.2, 0.25) is 0 Å². The van der Waals surface area contributed by atoms with E-state index in [0.29, 0.717) is 6.54 Å². The molecule has 4 rings (SSSR count). The summed E-state index contributed by atoms with van der Waals surface area (Å²) in [5.74, 6) is 0.980. The fourth-order valence-electron chi connectivity index (χ4n) is 3.69. The Balaban J connectivity index is 1.80. The minimum Gasteiger partial charge on any atom is -0.356 e. The van der Waals surface area contributed by atoms with Crippen LogP contribution in [0.4, 0.5) is 5.82 Å². The minimum atomic E-state index is 0.682. The zero-order valence-corrected chi connectivity index (χ0v) is 13.9. The van der Waals surface area contributed by atoms with Gasteiger partial charge < -0.3 is 4.90 Å². The summed E-state index contributed by atoms with van der Waals surface area (Å²) >= 11 is 0. The Labute approximate surface area is 141 Å². The lowest BCUT2D eigenvalue weighted by atomic mass is 10.0. The number of fused-ring (bicyclic) bond motifs is 1. The van der Waals surface area contributed by atoms with E-state index in [1.807, 2.05) is 11.6 Å². The van der Waals surface area contributed by atoms with Gasteiger partial charge in [-0.25, -0.2) is 4.68 Å². The maximum Gasteiger partial charge on any atom is 0.155 e. The number of carbonyl (C=O) groups excluding carboxylic acids is 1. The van der Waals surface area contributed by atoms with E-state index in [2.05, 4.69) is 52.5 Å². The van der Waals surface area contributed by atoms with Gasteiger partial charge in [0.05, 0.1) is 17.8 Å². The molecular weight excluding hydrogens is 298 g/mol. The average molecular weight is 319 g/mol. The van der Waals surface area contributed by atoms with Crippen molar-refractivity contribution in [3.05, 3.63) is 59.3 Å². The predicted molar refractivity (Wildman–Crippen MR) is 96.8 cm³/mol. The van der Waals surface area contributed by atoms with Crippen molar-refractivity contribution < 1.29 is 4.79 Å². The van der Waals surface area contributed by atoms with E-state index in [1.54, 1.807) is 0 Å². The molecule has 2 aromatic carbocycles. The number of anilines is 1. The van der Waals surface area contributed by atoms with Gasteiger partial charge in [-0.15, -0.1) is 0 Å². The number of benzene rings is 2. The normalized spacial score (nSPS) is 14.5. The summed E-state index contributed by atoms with van der Waals surface area (Å²) < 4.78 is 2.01. The molecule has 4 nitrogen and oxygen atoms in total. The molecule has 0 unspecified atom stereocenters. The molecule has 1 saturated heterocycles. The molecule has 0 amide bonds. The maximum absolute atomic E-state index is 11.6. The average Bonchev–Trinajstić information content (AvgIpc) is 3.22. The predicted octanol–water partition coefficient (Wildman–Crippen LogP) is 3.81. The lowest BCUT2D eigenvalue weighted by molar-refractivity contribution is 0.112. The molecule has 0 atom stereocenters. The number of aldehydes is 1. The number of carbonyl (C=O) groups is 1. The first-order valence-electron chi connectivity index (χ1n) is 8.52. The number of aryl methyl sites for hydroxylation is 1. The molecule has 0 aliphatic carbocycles. The first kappa shape index (κ1) is 14.9. The minimum absolute atomic E-state index is 0.682. The van der Waals surface area contributed by atoms with Crippen LogP contribution in [0.2, 0.25) is 0 Å². The third-order valence-electron chi connectivity index (χ3n) is 4.87. The van der Waals surface area contributed by atoms with E-state index in [0.717, 1.165) is 36.5 Å². The van der Waals surface area contributed by atoms with Crippen LogP contribution >= 0.6 is 0 Å². The molecule has 4 heteroatoms. The Morgan fingerprint density at radius 2 is 1.83 bits per heavy atom. The molecule has 0 radical (unpaired) electrons. The second kappa shape index (κ2) is 6.11. The Kier molecular flexibility index (Phi) is 3.81. The van der Waals surface area contributed by atoms with E-state index >= 15 is 0 Å². The highest BCUT2D eigenvalue weighted by atomic mass is 16.1. The molecule has 2 heterocycles. The monoisotopic (exact) mass is 319 g/mol. The van der Waals surface area contributed by atoms with Gasteiger partial charge in [-0.1, -0.05) is 42.5 Å². The second-order valence-electron chi connectivity index (χ2n) is 6.43. The van der Waals surface area contributed by atoms with Gasteiger partial charge in [0.1, 0.15) is 5.82 Å². The standard InChI is InChI=1S/C20H21N3O/c1-15-19(14-24)20(22-11-4-5-12-22)23(21-15)13-17-9-6-8-16-7-2-3-10-18(16)17/h2-3,6-10,14H,4-5,11-13H2,1H3. The fourth-order valence-corrected chi connectivity index (χ4v) is 3.69. The summed E-state index contributed by atoms with van der Waals surface area (Å²) in [5, 5.41) is 7.15. The van der Waals surface area contributed by atoms with Gasteiger partial charge in [-0.3, -0.25) is 4.79 Å². The van der Waals surface area contributed by atoms with Crippen molar-refractivity contribution in [3.63, 3.8) is 0 Å². The third-order valence-corrected chi connectivity index (χ3v) is 4.87. The molecule has 1 aliphatic rings. The van der Waals surface area contributed by atoms with Crippen LogP contribution in [0.15, 0.2) is 42.5 Å². The number of rotatable bonds is 4. The Hall–Kier alpha value is -2.62. The topological polar surface area (TPSA) is 38.1 Å². The summed E-state index contributed by atoms with van der Waals surface area (Å²) in [6, 6.07) is 14.8. The van der Waals surface area contributed by atoms with Gasteiger partial charge in [0.15, 0.2) is 6.29 Å². The molecule has 1 aromatic heterocycles. The highest BCUT2D eigenvalue weighted by Crippen LogP contribution is 2.28. The molecule has 122 valence electrons. The van der Waals surface area contributed by atoms with Crippen LogP contribution in [0.3, 0.4) is 0 Å². The first-order valence-corrected chi connectivity index (χ1v) is 8.52. The molecule has 0 bridgehead atoms. The van der Waals surface area contributed by atoms with Crippen LogP contribution in [0, 0.1) is 6.92 Å². The van der Waals surface area contributed by atoms with Crippen molar-refractivity contribution in [2.24, 2.45) is 0 Å². The van der Waals surface area contributed by atoms with E-state index in [1.165, 1.54) is 29.2 Å². The van der Waals surface area contributed by atoms with E-state index in [-0.39, 0.29) is 0 Å². The van der Waals surface area contributed by atoms with Crippen LogP contribution in [0.1, 0.15) is 34.5 Å². The summed E-state index contributed by atoms with van der Waals surface area (Å²) in [6.07, 6.45) is 3.31. The Morgan fingerprint density at radius 1 is 1.08 bits per heavy atom. The van der Waals surface area contributed by atoms with Crippen LogP contribution in [-0.4, -0.2) is 29.2 Å². The molecule has 0 N–H and O–H groups in total. The lowest BCUT2D eigenvalue weighted by Gasteiger charge is -2.20. The quantitative estimate of drug-likeness (QED) is 0.686. The van der Waals surface area contributed by atoms with Crippen molar-refractivity contribution >= 4 is 22.9 Å². The lowest BCUT2D eigenvalue weighted by Crippen LogP contribution is -2.23. The first-order chi connectivity index (χ1) is 11.8. The highest BCUT2D eigenvalue weighted by Gasteiger charge is 2.23. The van der Waals surface area contributed by atoms with Gasteiger partial charge in [0.25, 0.3) is 0 Å². The Morgan fingerprint density at radius 3 is 2.62 bits per heavy atom. The van der Waals surface area contributed by atoms with Crippen molar-refractivity contribution in [2.75, 3.05) is 18.0 Å². The smallest absolute Gasteiger partial charge is 0.155 e. The largest absolute Gasteiger partial charge is 0.356 e. The maximum atomic E-state index is 11.6. The number of hydrogen-bond acceptors (Lipinski definition) is 3. The molecule has 1 aliphatic heterocycles. The van der Waals surface area contributed by atoms with Crippen molar-refractivity contribution in [2.45, 2.75) is 26.3 Å². The summed E-state index contributed by atoms with van der Waals surface area (Å²) in [6.45, 7) is 4.60. The molecule has 24 heavy (non-hydrogen) atoms. The van der Waals surface area contributed by atoms with Gasteiger partial charge in [-0.05, 0) is 36.1 Å².